The van der Waals surface area contributed by atoms with Gasteiger partial charge in [-0.3, -0.25) is 19.2 Å². The third-order valence-electron chi connectivity index (χ3n) is 10.1. The number of amides is 3. The number of fused-ring (bicyclic) bond motifs is 3. The number of carbonyl (C=O) groups excluding carboxylic acids is 4. The fourth-order valence-corrected chi connectivity index (χ4v) is 7.22. The van der Waals surface area contributed by atoms with E-state index < -0.39 is 17.4 Å². The molecule has 4 aromatic rings. The van der Waals surface area contributed by atoms with Crippen molar-refractivity contribution < 1.29 is 34.1 Å². The van der Waals surface area contributed by atoms with Gasteiger partial charge in [-0.05, 0) is 60.2 Å². The van der Waals surface area contributed by atoms with Crippen molar-refractivity contribution in [1.29, 1.82) is 0 Å². The van der Waals surface area contributed by atoms with Gasteiger partial charge < -0.3 is 35.1 Å². The van der Waals surface area contributed by atoms with Crippen LogP contribution < -0.4 is 10.2 Å². The minimum atomic E-state index is -1.98. The summed E-state index contributed by atoms with van der Waals surface area (Å²) in [5, 5.41) is 26.2. The van der Waals surface area contributed by atoms with Gasteiger partial charge in [0.1, 0.15) is 0 Å². The highest BCUT2D eigenvalue weighted by molar-refractivity contribution is 6.08. The average Bonchev–Trinajstić information content (AvgIpc) is 3.64. The number of ether oxygens (including phenoxy) is 1. The molecule has 0 unspecified atom stereocenters. The first-order chi connectivity index (χ1) is 24.6. The van der Waals surface area contributed by atoms with Crippen LogP contribution in [0.25, 0.3) is 10.9 Å². The van der Waals surface area contributed by atoms with Gasteiger partial charge in [0.15, 0.2) is 5.60 Å². The first-order valence-electron chi connectivity index (χ1n) is 17.4. The second kappa shape index (κ2) is 15.3. The van der Waals surface area contributed by atoms with Crippen molar-refractivity contribution in [3.63, 3.8) is 0 Å². The summed E-state index contributed by atoms with van der Waals surface area (Å²) in [6, 6.07) is 20.4. The van der Waals surface area contributed by atoms with Crippen molar-refractivity contribution in [2.24, 2.45) is 5.92 Å². The van der Waals surface area contributed by atoms with Crippen LogP contribution in [0.3, 0.4) is 0 Å². The van der Waals surface area contributed by atoms with E-state index in [0.717, 1.165) is 27.6 Å². The zero-order chi connectivity index (χ0) is 36.1. The molecule has 11 nitrogen and oxygen atoms in total. The molecule has 3 atom stereocenters. The second-order valence-corrected chi connectivity index (χ2v) is 13.3. The number of aliphatic hydroxyl groups excluding tert-OH is 1. The summed E-state index contributed by atoms with van der Waals surface area (Å²) in [6.45, 7) is 2.24. The van der Waals surface area contributed by atoms with Gasteiger partial charge in [-0.2, -0.15) is 0 Å². The van der Waals surface area contributed by atoms with Crippen LogP contribution in [-0.4, -0.2) is 70.1 Å². The van der Waals surface area contributed by atoms with E-state index >= 15 is 0 Å². The number of H-pyrrole nitrogens is 1. The maximum atomic E-state index is 14.1. The van der Waals surface area contributed by atoms with Crippen molar-refractivity contribution in [1.82, 2.24) is 9.88 Å². The lowest BCUT2D eigenvalue weighted by molar-refractivity contribution is -0.140. The summed E-state index contributed by atoms with van der Waals surface area (Å²) in [6.07, 6.45) is 7.10. The van der Waals surface area contributed by atoms with Crippen LogP contribution in [0, 0.1) is 5.92 Å². The van der Waals surface area contributed by atoms with Gasteiger partial charge in [0.05, 0.1) is 31.9 Å². The molecule has 0 radical (unpaired) electrons. The molecule has 4 N–H and O–H groups in total. The Labute approximate surface area is 296 Å². The van der Waals surface area contributed by atoms with Crippen molar-refractivity contribution in [2.45, 2.75) is 63.6 Å². The monoisotopic (exact) mass is 692 g/mol. The first-order valence-corrected chi connectivity index (χ1v) is 17.4. The Morgan fingerprint density at radius 1 is 1.08 bits per heavy atom. The number of anilines is 2. The number of para-hydroxylation sites is 1. The van der Waals surface area contributed by atoms with Crippen molar-refractivity contribution in [3.8, 4) is 0 Å². The lowest BCUT2D eigenvalue weighted by atomic mass is 9.82. The summed E-state index contributed by atoms with van der Waals surface area (Å²) in [5.74, 6) is -2.01. The van der Waals surface area contributed by atoms with E-state index in [2.05, 4.69) is 10.3 Å². The van der Waals surface area contributed by atoms with Gasteiger partial charge in [-0.25, -0.2) is 0 Å². The normalized spacial score (nSPS) is 18.9. The van der Waals surface area contributed by atoms with E-state index in [-0.39, 0.29) is 56.2 Å². The van der Waals surface area contributed by atoms with Crippen molar-refractivity contribution in [3.05, 3.63) is 107 Å². The number of nitrogens with one attached hydrogen (secondary N) is 2. The van der Waals surface area contributed by atoms with Crippen LogP contribution in [0.5, 0.6) is 0 Å². The van der Waals surface area contributed by atoms with Gasteiger partial charge in [-0.1, -0.05) is 61.5 Å². The summed E-state index contributed by atoms with van der Waals surface area (Å²) in [4.78, 5) is 58.7. The topological polar surface area (TPSA) is 152 Å². The van der Waals surface area contributed by atoms with Crippen LogP contribution in [0.2, 0.25) is 0 Å². The minimum absolute atomic E-state index is 0.0291. The Morgan fingerprint density at radius 3 is 2.63 bits per heavy atom. The van der Waals surface area contributed by atoms with Crippen LogP contribution in [0.4, 0.5) is 11.4 Å². The van der Waals surface area contributed by atoms with Gasteiger partial charge >= 0.3 is 5.97 Å². The quantitative estimate of drug-likeness (QED) is 0.0897. The maximum absolute atomic E-state index is 14.1. The number of nitrogens with zero attached hydrogens (tertiary/aromatic N) is 2. The van der Waals surface area contributed by atoms with Gasteiger partial charge in [0.2, 0.25) is 11.8 Å². The molecule has 1 aromatic heterocycles. The predicted octanol–water partition coefficient (Wildman–Crippen LogP) is 4.75. The van der Waals surface area contributed by atoms with E-state index in [0.29, 0.717) is 42.7 Å². The molecule has 0 saturated carbocycles. The molecule has 266 valence electrons. The van der Waals surface area contributed by atoms with Crippen molar-refractivity contribution in [2.75, 3.05) is 30.5 Å². The zero-order valence-corrected chi connectivity index (χ0v) is 28.9. The number of hydrogen-bond acceptors (Lipinski definition) is 7. The number of esters is 1. The molecule has 0 spiro atoms. The average molecular weight is 693 g/mol. The number of unbranched alkanes of at least 4 members (excludes halogenated alkanes) is 1. The SMILES string of the molecule is COC(=O)CCCCN1C(=O)[C@@](O)([C@@H](C)/C=C/CC(=O)N2Cc3ccccc3C[C@H]2CO)c2cc(NC(=O)Cc3c[nH]c4ccccc34)ccc21. The number of aromatic nitrogens is 1. The van der Waals surface area contributed by atoms with Crippen LogP contribution in [0.1, 0.15) is 54.9 Å². The number of methoxy groups -OCH3 is 1. The highest BCUT2D eigenvalue weighted by Crippen LogP contribution is 2.46. The van der Waals surface area contributed by atoms with Crippen molar-refractivity contribution >= 4 is 46.0 Å². The molecule has 2 aliphatic heterocycles. The standard InChI is InChI=1S/C40H44N4O7/c1-26(10-9-15-37(47)44-24-28-12-4-3-11-27(28)20-31(44)25-45)40(50)33-22-30(42-36(46)21-29-23-41-34-14-6-5-13-32(29)34)17-18-35(33)43(39(40)49)19-8-7-16-38(48)51-2/h3-6,9-14,17-18,22-23,26,31,41,45,50H,7-8,15-16,19-21,24-25H2,1-2H3,(H,42,46)/b10-9+/t26-,31-,40+/m0/s1. The van der Waals surface area contributed by atoms with E-state index in [9.17, 15) is 29.4 Å². The molecule has 6 rings (SSSR count). The molecule has 0 fully saturated rings. The summed E-state index contributed by atoms with van der Waals surface area (Å²) in [7, 11) is 1.33. The van der Waals surface area contributed by atoms with Crippen LogP contribution in [0.15, 0.2) is 85.1 Å². The molecule has 2 aliphatic rings. The number of carbonyl (C=O) groups is 4. The molecule has 11 heteroatoms. The summed E-state index contributed by atoms with van der Waals surface area (Å²) < 4.78 is 4.74. The fourth-order valence-electron chi connectivity index (χ4n) is 7.22. The number of aromatic amines is 1. The molecule has 0 aliphatic carbocycles. The molecule has 51 heavy (non-hydrogen) atoms. The Morgan fingerprint density at radius 2 is 1.84 bits per heavy atom. The largest absolute Gasteiger partial charge is 0.469 e. The third kappa shape index (κ3) is 7.31. The lowest BCUT2D eigenvalue weighted by Gasteiger charge is -2.36. The van der Waals surface area contributed by atoms with E-state index in [1.807, 2.05) is 54.7 Å². The van der Waals surface area contributed by atoms with Crippen LogP contribution in [-0.2, 0) is 48.9 Å². The molecule has 0 bridgehead atoms. The molecule has 3 amide bonds. The maximum Gasteiger partial charge on any atom is 0.305 e. The first kappa shape index (κ1) is 35.6. The molecule has 3 heterocycles. The number of hydrogen-bond donors (Lipinski definition) is 4. The number of rotatable bonds is 13. The van der Waals surface area contributed by atoms with E-state index in [1.165, 1.54) is 12.0 Å². The Bertz CT molecular complexity index is 1970. The molecule has 0 saturated heterocycles. The second-order valence-electron chi connectivity index (χ2n) is 13.3. The molecular formula is C40H44N4O7. The smallest absolute Gasteiger partial charge is 0.305 e. The summed E-state index contributed by atoms with van der Waals surface area (Å²) >= 11 is 0. The van der Waals surface area contributed by atoms with E-state index in [1.54, 1.807) is 42.2 Å². The lowest BCUT2D eigenvalue weighted by Crippen LogP contribution is -2.46. The molecular weight excluding hydrogens is 648 g/mol. The fraction of sp³-hybridized carbons (Fsp3) is 0.350. The van der Waals surface area contributed by atoms with Gasteiger partial charge in [0, 0.05) is 60.2 Å². The predicted molar refractivity (Wildman–Crippen MR) is 194 cm³/mol. The Hall–Kier alpha value is -5.26. The van der Waals surface area contributed by atoms with Gasteiger partial charge in [-0.15, -0.1) is 0 Å². The Balaban J connectivity index is 1.20. The number of benzene rings is 3. The summed E-state index contributed by atoms with van der Waals surface area (Å²) in [5.41, 5.74) is 3.27. The van der Waals surface area contributed by atoms with Crippen LogP contribution >= 0.6 is 0 Å². The highest BCUT2D eigenvalue weighted by atomic mass is 16.5. The third-order valence-corrected chi connectivity index (χ3v) is 10.1. The Kier molecular flexibility index (Phi) is 10.7. The number of aliphatic hydroxyl groups is 2. The van der Waals surface area contributed by atoms with Gasteiger partial charge in [0.25, 0.3) is 5.91 Å². The zero-order valence-electron chi connectivity index (χ0n) is 28.9. The molecule has 3 aromatic carbocycles. The van der Waals surface area contributed by atoms with E-state index in [4.69, 9.17) is 4.74 Å². The highest BCUT2D eigenvalue weighted by Gasteiger charge is 2.52. The minimum Gasteiger partial charge on any atom is -0.469 e.